The maximum absolute atomic E-state index is 14.6. The van der Waals surface area contributed by atoms with Crippen molar-refractivity contribution >= 4 is 33.3 Å². The van der Waals surface area contributed by atoms with Crippen molar-refractivity contribution in [2.24, 2.45) is 12.8 Å². The number of rotatable bonds is 8. The van der Waals surface area contributed by atoms with Gasteiger partial charge in [0, 0.05) is 29.0 Å². The average molecular weight is 605 g/mol. The van der Waals surface area contributed by atoms with E-state index in [9.17, 15) is 26.7 Å². The van der Waals surface area contributed by atoms with Gasteiger partial charge in [0.1, 0.15) is 11.4 Å². The molecular formula is C25H26BrF5N4O3. The number of halogens is 6. The Kier molecular flexibility index (Phi) is 10.3. The first kappa shape index (κ1) is 30.6. The second kappa shape index (κ2) is 12.8. The zero-order chi connectivity index (χ0) is 28.7. The van der Waals surface area contributed by atoms with E-state index in [2.05, 4.69) is 35.8 Å². The van der Waals surface area contributed by atoms with Crippen molar-refractivity contribution in [2.75, 3.05) is 11.9 Å². The number of alkyl halides is 5. The molecule has 0 atom stereocenters. The molecule has 2 aromatic carbocycles. The Hall–Kier alpha value is -3.61. The topological polar surface area (TPSA) is 91.4 Å². The van der Waals surface area contributed by atoms with Crippen molar-refractivity contribution in [1.29, 1.82) is 0 Å². The number of carbonyl (C=O) groups excluding carboxylic acids is 1. The number of esters is 1. The summed E-state index contributed by atoms with van der Waals surface area (Å²) < 4.78 is 76.6. The summed E-state index contributed by atoms with van der Waals surface area (Å²) in [5.74, 6) is -6.08. The van der Waals surface area contributed by atoms with E-state index in [-0.39, 0.29) is 12.3 Å². The van der Waals surface area contributed by atoms with E-state index < -0.39 is 29.7 Å². The first-order valence-electron chi connectivity index (χ1n) is 11.3. The number of benzene rings is 2. The molecule has 0 fully saturated rings. The predicted octanol–water partition coefficient (Wildman–Crippen LogP) is 6.80. The molecule has 0 aliphatic heterocycles. The molecular weight excluding hydrogens is 579 g/mol. The summed E-state index contributed by atoms with van der Waals surface area (Å²) in [5.41, 5.74) is 6.79. The van der Waals surface area contributed by atoms with Gasteiger partial charge >= 0.3 is 18.3 Å². The Bertz CT molecular complexity index is 1270. The number of hydrogen-bond acceptors (Lipinski definition) is 6. The maximum atomic E-state index is 14.6. The van der Waals surface area contributed by atoms with Crippen molar-refractivity contribution in [3.8, 4) is 17.0 Å². The van der Waals surface area contributed by atoms with Gasteiger partial charge in [0.15, 0.2) is 0 Å². The van der Waals surface area contributed by atoms with E-state index in [0.717, 1.165) is 18.2 Å². The summed E-state index contributed by atoms with van der Waals surface area (Å²) >= 11 is 3.35. The standard InChI is InChI=1S/C23H20BrF5N4O3.C2H6/c1-3-35-21(34)22(25,26)20-11-19(33(2)32-20)16-9-6-14(24)10-17(16)31-18(12-30)13-4-7-15(8-5-13)36-23(27,28)29;1-2/h4-12,31H,3,30H2,1-2H3;1-2H3/b18-12-;. The van der Waals surface area contributed by atoms with Crippen molar-refractivity contribution in [1.82, 2.24) is 9.78 Å². The van der Waals surface area contributed by atoms with Crippen LogP contribution in [0.4, 0.5) is 27.6 Å². The van der Waals surface area contributed by atoms with Gasteiger partial charge in [-0.2, -0.15) is 13.9 Å². The van der Waals surface area contributed by atoms with Crippen LogP contribution in [0.5, 0.6) is 5.75 Å². The molecule has 13 heteroatoms. The monoisotopic (exact) mass is 604 g/mol. The van der Waals surface area contributed by atoms with E-state index >= 15 is 0 Å². The summed E-state index contributed by atoms with van der Waals surface area (Å²) in [5, 5.41) is 6.86. The highest BCUT2D eigenvalue weighted by Gasteiger charge is 2.45. The average Bonchev–Trinajstić information content (AvgIpc) is 3.25. The lowest BCUT2D eigenvalue weighted by atomic mass is 10.1. The fourth-order valence-corrected chi connectivity index (χ4v) is 3.59. The van der Waals surface area contributed by atoms with Gasteiger partial charge in [0.05, 0.1) is 18.0 Å². The molecule has 206 valence electrons. The highest BCUT2D eigenvalue weighted by molar-refractivity contribution is 9.10. The molecule has 0 aliphatic carbocycles. The number of nitrogens with one attached hydrogen (secondary N) is 1. The number of aryl methyl sites for hydroxylation is 1. The molecule has 0 aliphatic rings. The number of anilines is 1. The van der Waals surface area contributed by atoms with Gasteiger partial charge in [-0.05, 0) is 61.0 Å². The van der Waals surface area contributed by atoms with Crippen LogP contribution < -0.4 is 15.8 Å². The molecule has 38 heavy (non-hydrogen) atoms. The Morgan fingerprint density at radius 3 is 2.29 bits per heavy atom. The van der Waals surface area contributed by atoms with Crippen LogP contribution in [-0.2, 0) is 22.5 Å². The van der Waals surface area contributed by atoms with E-state index in [1.165, 1.54) is 37.0 Å². The summed E-state index contributed by atoms with van der Waals surface area (Å²) in [7, 11) is 1.44. The van der Waals surface area contributed by atoms with Crippen molar-refractivity contribution in [3.05, 3.63) is 70.5 Å². The summed E-state index contributed by atoms with van der Waals surface area (Å²) in [6.07, 6.45) is -3.63. The van der Waals surface area contributed by atoms with Crippen LogP contribution in [0.15, 0.2) is 59.2 Å². The quantitative estimate of drug-likeness (QED) is 0.217. The van der Waals surface area contributed by atoms with Gasteiger partial charge in [0.2, 0.25) is 0 Å². The highest BCUT2D eigenvalue weighted by Crippen LogP contribution is 2.37. The van der Waals surface area contributed by atoms with Gasteiger partial charge in [-0.15, -0.1) is 13.2 Å². The fourth-order valence-electron chi connectivity index (χ4n) is 3.23. The molecule has 3 aromatic rings. The predicted molar refractivity (Wildman–Crippen MR) is 137 cm³/mol. The van der Waals surface area contributed by atoms with Crippen LogP contribution in [0.1, 0.15) is 32.0 Å². The van der Waals surface area contributed by atoms with Crippen LogP contribution in [-0.4, -0.2) is 28.7 Å². The molecule has 0 amide bonds. The lowest BCUT2D eigenvalue weighted by Gasteiger charge is -2.16. The van der Waals surface area contributed by atoms with Gasteiger partial charge in [-0.1, -0.05) is 29.8 Å². The van der Waals surface area contributed by atoms with E-state index in [4.69, 9.17) is 5.73 Å². The van der Waals surface area contributed by atoms with Crippen LogP contribution in [0, 0.1) is 0 Å². The van der Waals surface area contributed by atoms with E-state index in [0.29, 0.717) is 27.0 Å². The fraction of sp³-hybridized carbons (Fsp3) is 0.280. The molecule has 7 nitrogen and oxygen atoms in total. The lowest BCUT2D eigenvalue weighted by Crippen LogP contribution is -2.28. The molecule has 0 saturated heterocycles. The number of hydrogen-bond donors (Lipinski definition) is 2. The number of aromatic nitrogens is 2. The minimum atomic E-state index is -4.83. The highest BCUT2D eigenvalue weighted by atomic mass is 79.9. The molecule has 0 saturated carbocycles. The summed E-state index contributed by atoms with van der Waals surface area (Å²) in [4.78, 5) is 11.7. The normalized spacial score (nSPS) is 11.9. The van der Waals surface area contributed by atoms with Crippen LogP contribution >= 0.6 is 15.9 Å². The second-order valence-corrected chi connectivity index (χ2v) is 8.22. The Morgan fingerprint density at radius 2 is 1.74 bits per heavy atom. The largest absolute Gasteiger partial charge is 0.573 e. The summed E-state index contributed by atoms with van der Waals surface area (Å²) in [6, 6.07) is 11.0. The second-order valence-electron chi connectivity index (χ2n) is 7.30. The van der Waals surface area contributed by atoms with Gasteiger partial charge < -0.3 is 20.5 Å². The van der Waals surface area contributed by atoms with Gasteiger partial charge in [-0.25, -0.2) is 4.79 Å². The van der Waals surface area contributed by atoms with Crippen molar-refractivity contribution in [3.63, 3.8) is 0 Å². The van der Waals surface area contributed by atoms with Gasteiger partial charge in [-0.3, -0.25) is 4.68 Å². The SMILES string of the molecule is CC.CCOC(=O)C(F)(F)c1cc(-c2ccc(Br)cc2N/C(=C\N)c2ccc(OC(F)(F)F)cc2)n(C)n1. The third kappa shape index (κ3) is 7.46. The van der Waals surface area contributed by atoms with Crippen molar-refractivity contribution in [2.45, 2.75) is 33.1 Å². The first-order valence-corrected chi connectivity index (χ1v) is 12.1. The molecule has 1 aromatic heterocycles. The van der Waals surface area contributed by atoms with E-state index in [1.54, 1.807) is 18.2 Å². The van der Waals surface area contributed by atoms with Crippen molar-refractivity contribution < 1.29 is 36.2 Å². The summed E-state index contributed by atoms with van der Waals surface area (Å²) in [6.45, 7) is 5.20. The number of nitrogens with zero attached hydrogens (tertiary/aromatic N) is 2. The Morgan fingerprint density at radius 1 is 1.11 bits per heavy atom. The molecule has 0 spiro atoms. The van der Waals surface area contributed by atoms with E-state index in [1.807, 2.05) is 13.8 Å². The van der Waals surface area contributed by atoms with Crippen LogP contribution in [0.2, 0.25) is 0 Å². The molecule has 0 radical (unpaired) electrons. The third-order valence-corrected chi connectivity index (χ3v) is 5.32. The lowest BCUT2D eigenvalue weighted by molar-refractivity contribution is -0.274. The van der Waals surface area contributed by atoms with Gasteiger partial charge in [0.25, 0.3) is 0 Å². The zero-order valence-corrected chi connectivity index (χ0v) is 22.5. The molecule has 0 bridgehead atoms. The number of ether oxygens (including phenoxy) is 2. The number of carbonyl (C=O) groups is 1. The smallest absolute Gasteiger partial charge is 0.461 e. The number of nitrogens with two attached hydrogens (primary N) is 1. The Balaban J connectivity index is 0.00000247. The first-order chi connectivity index (χ1) is 17.9. The minimum absolute atomic E-state index is 0.216. The Labute approximate surface area is 224 Å². The molecule has 0 unspecified atom stereocenters. The third-order valence-electron chi connectivity index (χ3n) is 4.83. The maximum Gasteiger partial charge on any atom is 0.573 e. The molecule has 3 N–H and O–H groups in total. The zero-order valence-electron chi connectivity index (χ0n) is 20.9. The minimum Gasteiger partial charge on any atom is -0.461 e. The van der Waals surface area contributed by atoms with Crippen LogP contribution in [0.25, 0.3) is 17.0 Å². The van der Waals surface area contributed by atoms with Crippen LogP contribution in [0.3, 0.4) is 0 Å². The molecule has 1 heterocycles. The molecule has 3 rings (SSSR count).